The summed E-state index contributed by atoms with van der Waals surface area (Å²) in [6.07, 6.45) is 0. The summed E-state index contributed by atoms with van der Waals surface area (Å²) >= 11 is 1.81. The van der Waals surface area contributed by atoms with Gasteiger partial charge in [-0.25, -0.2) is 0 Å². The highest BCUT2D eigenvalue weighted by molar-refractivity contribution is 7.98. The van der Waals surface area contributed by atoms with Gasteiger partial charge in [0.1, 0.15) is 12.4 Å². The summed E-state index contributed by atoms with van der Waals surface area (Å²) in [6, 6.07) is 0. The van der Waals surface area contributed by atoms with Crippen LogP contribution in [0.5, 0.6) is 0 Å². The Bertz CT molecular complexity index is 389. The van der Waals surface area contributed by atoms with E-state index in [4.69, 9.17) is 4.74 Å². The van der Waals surface area contributed by atoms with Crippen molar-refractivity contribution in [3.05, 3.63) is 11.3 Å². The molecule has 6 heteroatoms. The summed E-state index contributed by atoms with van der Waals surface area (Å²) in [6.45, 7) is 0.0765. The largest absolute Gasteiger partial charge is 0.375 e. The van der Waals surface area contributed by atoms with Crippen molar-refractivity contribution >= 4 is 23.5 Å². The van der Waals surface area contributed by atoms with E-state index in [2.05, 4.69) is 10.4 Å². The van der Waals surface area contributed by atoms with Gasteiger partial charge in [-0.15, -0.1) is 0 Å². The van der Waals surface area contributed by atoms with Crippen LogP contribution in [-0.4, -0.2) is 29.4 Å². The van der Waals surface area contributed by atoms with Crippen LogP contribution >= 0.6 is 11.8 Å². The number of methoxy groups -OCH3 is 1. The lowest BCUT2D eigenvalue weighted by Gasteiger charge is -2.06. The van der Waals surface area contributed by atoms with Gasteiger partial charge >= 0.3 is 0 Å². The smallest absolute Gasteiger partial charge is 0.251 e. The van der Waals surface area contributed by atoms with Crippen LogP contribution in [0.4, 0.5) is 5.82 Å². The first-order valence-corrected chi connectivity index (χ1v) is 5.79. The summed E-state index contributed by atoms with van der Waals surface area (Å²) < 4.78 is 6.48. The third-order valence-electron chi connectivity index (χ3n) is 2.25. The minimum Gasteiger partial charge on any atom is -0.375 e. The molecule has 0 saturated heterocycles. The highest BCUT2D eigenvalue weighted by Crippen LogP contribution is 2.33. The Kier molecular flexibility index (Phi) is 2.97. The van der Waals surface area contributed by atoms with Crippen LogP contribution in [0.15, 0.2) is 0 Å². The van der Waals surface area contributed by atoms with Gasteiger partial charge < -0.3 is 10.1 Å². The molecule has 0 aliphatic carbocycles. The van der Waals surface area contributed by atoms with E-state index >= 15 is 0 Å². The maximum atomic E-state index is 11.4. The van der Waals surface area contributed by atoms with Crippen molar-refractivity contribution in [2.75, 3.05) is 19.0 Å². The molecular formula is C9H13N3O2S. The summed E-state index contributed by atoms with van der Waals surface area (Å²) in [4.78, 5) is 11.4. The fourth-order valence-corrected chi connectivity index (χ4v) is 2.63. The van der Waals surface area contributed by atoms with Gasteiger partial charge in [-0.05, 0) is 0 Å². The number of hydrogen-bond donors (Lipinski definition) is 1. The van der Waals surface area contributed by atoms with Crippen LogP contribution in [0.1, 0.15) is 11.3 Å². The quantitative estimate of drug-likeness (QED) is 0.828. The van der Waals surface area contributed by atoms with E-state index in [9.17, 15) is 4.79 Å². The van der Waals surface area contributed by atoms with Gasteiger partial charge in [0.25, 0.3) is 5.91 Å². The van der Waals surface area contributed by atoms with Gasteiger partial charge in [0.15, 0.2) is 0 Å². The van der Waals surface area contributed by atoms with Crippen molar-refractivity contribution in [2.45, 2.75) is 11.5 Å². The second-order valence-electron chi connectivity index (χ2n) is 3.37. The molecule has 1 aromatic heterocycles. The molecule has 1 aliphatic rings. The van der Waals surface area contributed by atoms with Gasteiger partial charge in [0.05, 0.1) is 5.69 Å². The van der Waals surface area contributed by atoms with Crippen LogP contribution in [0.3, 0.4) is 0 Å². The summed E-state index contributed by atoms with van der Waals surface area (Å²) in [7, 11) is 3.34. The second-order valence-corrected chi connectivity index (χ2v) is 4.36. The standard InChI is InChI=1S/C9H13N3O2S/c1-12-9(10-8(13)3-14-2)6-4-15-5-7(6)11-12/h3-5H2,1-2H3,(H,10,13). The molecule has 1 amide bonds. The molecule has 0 unspecified atom stereocenters. The van der Waals surface area contributed by atoms with Crippen molar-refractivity contribution in [3.8, 4) is 0 Å². The molecule has 0 bridgehead atoms. The Balaban J connectivity index is 2.17. The number of ether oxygens (including phenoxy) is 1. The van der Waals surface area contributed by atoms with Crippen molar-refractivity contribution in [2.24, 2.45) is 7.05 Å². The van der Waals surface area contributed by atoms with Crippen LogP contribution in [0.25, 0.3) is 0 Å². The number of thioether (sulfide) groups is 1. The number of carbonyl (C=O) groups is 1. The van der Waals surface area contributed by atoms with Crippen LogP contribution in [-0.2, 0) is 28.1 Å². The molecule has 1 aromatic rings. The number of hydrogen-bond acceptors (Lipinski definition) is 4. The molecule has 15 heavy (non-hydrogen) atoms. The first-order valence-electron chi connectivity index (χ1n) is 4.63. The number of rotatable bonds is 3. The molecule has 82 valence electrons. The van der Waals surface area contributed by atoms with Gasteiger partial charge in [-0.2, -0.15) is 16.9 Å². The molecular weight excluding hydrogens is 214 g/mol. The molecule has 1 aliphatic heterocycles. The second kappa shape index (κ2) is 4.24. The zero-order chi connectivity index (χ0) is 10.8. The minimum atomic E-state index is -0.139. The minimum absolute atomic E-state index is 0.0765. The number of amides is 1. The topological polar surface area (TPSA) is 56.1 Å². The average molecular weight is 227 g/mol. The number of carbonyl (C=O) groups excluding carboxylic acids is 1. The van der Waals surface area contributed by atoms with Crippen molar-refractivity contribution in [1.29, 1.82) is 0 Å². The third kappa shape index (κ3) is 2.00. The lowest BCUT2D eigenvalue weighted by molar-refractivity contribution is -0.119. The number of aromatic nitrogens is 2. The molecule has 0 spiro atoms. The van der Waals surface area contributed by atoms with E-state index in [0.29, 0.717) is 0 Å². The third-order valence-corrected chi connectivity index (χ3v) is 3.22. The first kappa shape index (κ1) is 10.5. The monoisotopic (exact) mass is 227 g/mol. The maximum Gasteiger partial charge on any atom is 0.251 e. The average Bonchev–Trinajstić information content (AvgIpc) is 2.71. The number of aryl methyl sites for hydroxylation is 1. The van der Waals surface area contributed by atoms with E-state index < -0.39 is 0 Å². The predicted molar refractivity (Wildman–Crippen MR) is 58.7 cm³/mol. The summed E-state index contributed by atoms with van der Waals surface area (Å²) in [5.41, 5.74) is 2.22. The molecule has 0 saturated carbocycles. The Labute approximate surface area is 92.2 Å². The van der Waals surface area contributed by atoms with E-state index in [1.165, 1.54) is 7.11 Å². The van der Waals surface area contributed by atoms with Gasteiger partial charge in [-0.3, -0.25) is 9.48 Å². The number of fused-ring (bicyclic) bond motifs is 1. The summed E-state index contributed by atoms with van der Waals surface area (Å²) in [5, 5.41) is 7.16. The van der Waals surface area contributed by atoms with Crippen molar-refractivity contribution in [1.82, 2.24) is 9.78 Å². The zero-order valence-corrected chi connectivity index (χ0v) is 9.56. The Hall–Kier alpha value is -1.01. The molecule has 0 atom stereocenters. The van der Waals surface area contributed by atoms with Crippen molar-refractivity contribution in [3.63, 3.8) is 0 Å². The Morgan fingerprint density at radius 1 is 1.67 bits per heavy atom. The predicted octanol–water partition coefficient (Wildman–Crippen LogP) is 0.752. The first-order chi connectivity index (χ1) is 7.22. The normalized spacial score (nSPS) is 14.0. The van der Waals surface area contributed by atoms with E-state index in [0.717, 1.165) is 28.6 Å². The zero-order valence-electron chi connectivity index (χ0n) is 8.74. The fraction of sp³-hybridized carbons (Fsp3) is 0.556. The molecule has 5 nitrogen and oxygen atoms in total. The van der Waals surface area contributed by atoms with E-state index in [-0.39, 0.29) is 12.5 Å². The van der Waals surface area contributed by atoms with Gasteiger partial charge in [0.2, 0.25) is 0 Å². The highest BCUT2D eigenvalue weighted by Gasteiger charge is 2.22. The van der Waals surface area contributed by atoms with Crippen LogP contribution in [0, 0.1) is 0 Å². The highest BCUT2D eigenvalue weighted by atomic mass is 32.2. The lowest BCUT2D eigenvalue weighted by Crippen LogP contribution is -2.19. The fourth-order valence-electron chi connectivity index (χ4n) is 1.60. The van der Waals surface area contributed by atoms with E-state index in [1.807, 2.05) is 18.8 Å². The maximum absolute atomic E-state index is 11.4. The van der Waals surface area contributed by atoms with Gasteiger partial charge in [0, 0.05) is 31.2 Å². The molecule has 0 radical (unpaired) electrons. The SMILES string of the molecule is COCC(=O)Nc1c2c(nn1C)CSC2. The van der Waals surface area contributed by atoms with Crippen LogP contribution < -0.4 is 5.32 Å². The molecule has 2 heterocycles. The molecule has 2 rings (SSSR count). The lowest BCUT2D eigenvalue weighted by atomic mass is 10.3. The molecule has 0 aromatic carbocycles. The number of anilines is 1. The molecule has 1 N–H and O–H groups in total. The Morgan fingerprint density at radius 2 is 2.47 bits per heavy atom. The number of nitrogens with one attached hydrogen (secondary N) is 1. The molecule has 0 fully saturated rings. The van der Waals surface area contributed by atoms with Crippen LogP contribution in [0.2, 0.25) is 0 Å². The van der Waals surface area contributed by atoms with E-state index in [1.54, 1.807) is 4.68 Å². The van der Waals surface area contributed by atoms with Crippen molar-refractivity contribution < 1.29 is 9.53 Å². The van der Waals surface area contributed by atoms with Gasteiger partial charge in [-0.1, -0.05) is 0 Å². The number of nitrogens with zero attached hydrogens (tertiary/aromatic N) is 2. The summed E-state index contributed by atoms with van der Waals surface area (Å²) in [5.74, 6) is 2.52. The Morgan fingerprint density at radius 3 is 3.20 bits per heavy atom.